The number of unbranched alkanes of at least 4 members (excludes halogenated alkanes) is 1. The van der Waals surface area contributed by atoms with Crippen LogP contribution in [0.3, 0.4) is 0 Å². The van der Waals surface area contributed by atoms with Crippen LogP contribution >= 0.6 is 0 Å². The highest BCUT2D eigenvalue weighted by Gasteiger charge is 2.05. The van der Waals surface area contributed by atoms with Gasteiger partial charge >= 0.3 is 6.03 Å². The molecule has 2 N–H and O–H groups in total. The van der Waals surface area contributed by atoms with Crippen molar-refractivity contribution in [3.8, 4) is 0 Å². The Hall–Kier alpha value is -2.20. The van der Waals surface area contributed by atoms with E-state index in [1.54, 1.807) is 12.1 Å². The number of azide groups is 1. The van der Waals surface area contributed by atoms with E-state index in [4.69, 9.17) is 5.53 Å². The molecule has 6 heteroatoms. The Morgan fingerprint density at radius 3 is 2.70 bits per heavy atom. The van der Waals surface area contributed by atoms with Crippen molar-refractivity contribution in [2.45, 2.75) is 45.7 Å². The lowest BCUT2D eigenvalue weighted by atomic mass is 10.1. The number of amides is 2. The molecule has 0 saturated heterocycles. The second kappa shape index (κ2) is 8.82. The molecule has 6 nitrogen and oxygen atoms in total. The standard InChI is InChI=1S/C14H21N5O/c1-3-4-5-11(2)17-14(20)16-10-12-6-8-13(9-7-12)18-19-15/h6-9,11H,3-5,10H2,1-2H3,(H2,16,17,20)/t11-/m0/s1. The minimum absolute atomic E-state index is 0.160. The van der Waals surface area contributed by atoms with Crippen molar-refractivity contribution in [3.63, 3.8) is 0 Å². The van der Waals surface area contributed by atoms with E-state index in [-0.39, 0.29) is 12.1 Å². The summed E-state index contributed by atoms with van der Waals surface area (Å²) in [5.41, 5.74) is 9.82. The first-order chi connectivity index (χ1) is 9.65. The van der Waals surface area contributed by atoms with Gasteiger partial charge in [0.2, 0.25) is 0 Å². The molecule has 1 atom stereocenters. The van der Waals surface area contributed by atoms with Crippen molar-refractivity contribution < 1.29 is 4.79 Å². The first-order valence-corrected chi connectivity index (χ1v) is 6.84. The number of nitrogens with one attached hydrogen (secondary N) is 2. The van der Waals surface area contributed by atoms with Gasteiger partial charge in [-0.1, -0.05) is 49.1 Å². The molecule has 0 aliphatic rings. The van der Waals surface area contributed by atoms with Gasteiger partial charge in [0, 0.05) is 23.2 Å². The van der Waals surface area contributed by atoms with Crippen molar-refractivity contribution in [1.29, 1.82) is 0 Å². The smallest absolute Gasteiger partial charge is 0.315 e. The lowest BCUT2D eigenvalue weighted by Crippen LogP contribution is -2.40. The maximum absolute atomic E-state index is 11.7. The molecule has 2 amide bonds. The van der Waals surface area contributed by atoms with Gasteiger partial charge in [-0.15, -0.1) is 0 Å². The minimum atomic E-state index is -0.160. The fourth-order valence-electron chi connectivity index (χ4n) is 1.77. The Morgan fingerprint density at radius 1 is 1.40 bits per heavy atom. The van der Waals surface area contributed by atoms with Gasteiger partial charge in [-0.05, 0) is 24.4 Å². The lowest BCUT2D eigenvalue weighted by Gasteiger charge is -2.14. The molecular formula is C14H21N5O. The third-order valence-electron chi connectivity index (χ3n) is 2.92. The van der Waals surface area contributed by atoms with E-state index >= 15 is 0 Å². The highest BCUT2D eigenvalue weighted by atomic mass is 16.2. The summed E-state index contributed by atoms with van der Waals surface area (Å²) in [6.45, 7) is 4.58. The van der Waals surface area contributed by atoms with Crippen LogP contribution in [0, 0.1) is 0 Å². The lowest BCUT2D eigenvalue weighted by molar-refractivity contribution is 0.236. The Kier molecular flexibility index (Phi) is 7.00. The van der Waals surface area contributed by atoms with Crippen molar-refractivity contribution in [2.24, 2.45) is 5.11 Å². The Labute approximate surface area is 119 Å². The molecule has 0 aromatic heterocycles. The highest BCUT2D eigenvalue weighted by Crippen LogP contribution is 2.12. The zero-order chi connectivity index (χ0) is 14.8. The summed E-state index contributed by atoms with van der Waals surface area (Å²) in [5, 5.41) is 9.20. The quantitative estimate of drug-likeness (QED) is 0.439. The molecular weight excluding hydrogens is 254 g/mol. The molecule has 0 radical (unpaired) electrons. The van der Waals surface area contributed by atoms with E-state index < -0.39 is 0 Å². The number of rotatable bonds is 7. The van der Waals surface area contributed by atoms with Crippen LogP contribution in [0.5, 0.6) is 0 Å². The van der Waals surface area contributed by atoms with Crippen LogP contribution in [0.1, 0.15) is 38.7 Å². The maximum atomic E-state index is 11.7. The molecule has 0 unspecified atom stereocenters. The van der Waals surface area contributed by atoms with Crippen LogP contribution in [0.25, 0.3) is 10.4 Å². The van der Waals surface area contributed by atoms with Gasteiger partial charge in [0.15, 0.2) is 0 Å². The first kappa shape index (κ1) is 15.9. The Balaban J connectivity index is 2.35. The number of urea groups is 1. The molecule has 0 aliphatic carbocycles. The zero-order valence-corrected chi connectivity index (χ0v) is 12.0. The van der Waals surface area contributed by atoms with Crippen LogP contribution in [0.15, 0.2) is 29.4 Å². The van der Waals surface area contributed by atoms with Gasteiger partial charge in [0.25, 0.3) is 0 Å². The van der Waals surface area contributed by atoms with E-state index in [2.05, 4.69) is 27.6 Å². The van der Waals surface area contributed by atoms with Crippen LogP contribution in [-0.4, -0.2) is 12.1 Å². The summed E-state index contributed by atoms with van der Waals surface area (Å²) in [7, 11) is 0. The van der Waals surface area contributed by atoms with E-state index in [0.29, 0.717) is 12.2 Å². The second-order valence-corrected chi connectivity index (χ2v) is 4.73. The molecule has 0 aliphatic heterocycles. The molecule has 0 fully saturated rings. The summed E-state index contributed by atoms with van der Waals surface area (Å²) >= 11 is 0. The predicted molar refractivity (Wildman–Crippen MR) is 79.6 cm³/mol. The predicted octanol–water partition coefficient (Wildman–Crippen LogP) is 4.01. The normalized spacial score (nSPS) is 11.3. The van der Waals surface area contributed by atoms with Crippen LogP contribution in [0.4, 0.5) is 10.5 Å². The number of hydrogen-bond acceptors (Lipinski definition) is 2. The van der Waals surface area contributed by atoms with Gasteiger partial charge in [0.05, 0.1) is 0 Å². The van der Waals surface area contributed by atoms with Crippen molar-refractivity contribution in [1.82, 2.24) is 10.6 Å². The van der Waals surface area contributed by atoms with Crippen LogP contribution in [0.2, 0.25) is 0 Å². The molecule has 0 bridgehead atoms. The van der Waals surface area contributed by atoms with E-state index in [1.165, 1.54) is 0 Å². The summed E-state index contributed by atoms with van der Waals surface area (Å²) in [5.74, 6) is 0. The van der Waals surface area contributed by atoms with Crippen molar-refractivity contribution >= 4 is 11.7 Å². The molecule has 0 heterocycles. The molecule has 1 aromatic carbocycles. The number of carbonyl (C=O) groups is 1. The van der Waals surface area contributed by atoms with Gasteiger partial charge in [-0.25, -0.2) is 4.79 Å². The van der Waals surface area contributed by atoms with Crippen molar-refractivity contribution in [2.75, 3.05) is 0 Å². The maximum Gasteiger partial charge on any atom is 0.315 e. The summed E-state index contributed by atoms with van der Waals surface area (Å²) < 4.78 is 0. The summed E-state index contributed by atoms with van der Waals surface area (Å²) in [6.07, 6.45) is 3.23. The van der Waals surface area contributed by atoms with Gasteiger partial charge in [-0.2, -0.15) is 0 Å². The van der Waals surface area contributed by atoms with Crippen LogP contribution in [-0.2, 0) is 6.54 Å². The van der Waals surface area contributed by atoms with Crippen LogP contribution < -0.4 is 10.6 Å². The van der Waals surface area contributed by atoms with E-state index in [0.717, 1.165) is 24.8 Å². The third kappa shape index (κ3) is 6.11. The monoisotopic (exact) mass is 275 g/mol. The van der Waals surface area contributed by atoms with E-state index in [1.807, 2.05) is 19.1 Å². The van der Waals surface area contributed by atoms with Crippen molar-refractivity contribution in [3.05, 3.63) is 40.3 Å². The number of benzene rings is 1. The average molecular weight is 275 g/mol. The molecule has 1 rings (SSSR count). The topological polar surface area (TPSA) is 89.9 Å². The molecule has 108 valence electrons. The number of nitrogens with zero attached hydrogens (tertiary/aromatic N) is 3. The fourth-order valence-corrected chi connectivity index (χ4v) is 1.77. The fraction of sp³-hybridized carbons (Fsp3) is 0.500. The minimum Gasteiger partial charge on any atom is -0.336 e. The SMILES string of the molecule is CCCC[C@H](C)NC(=O)NCc1ccc(N=[N+]=[N-])cc1. The number of carbonyl (C=O) groups excluding carboxylic acids is 1. The molecule has 0 saturated carbocycles. The number of hydrogen-bond donors (Lipinski definition) is 2. The summed E-state index contributed by atoms with van der Waals surface area (Å²) in [6, 6.07) is 7.11. The van der Waals surface area contributed by atoms with Gasteiger partial charge in [0.1, 0.15) is 0 Å². The second-order valence-electron chi connectivity index (χ2n) is 4.73. The summed E-state index contributed by atoms with van der Waals surface area (Å²) in [4.78, 5) is 14.4. The van der Waals surface area contributed by atoms with E-state index in [9.17, 15) is 4.79 Å². The largest absolute Gasteiger partial charge is 0.336 e. The zero-order valence-electron chi connectivity index (χ0n) is 12.0. The first-order valence-electron chi connectivity index (χ1n) is 6.84. The highest BCUT2D eigenvalue weighted by molar-refractivity contribution is 5.74. The molecule has 1 aromatic rings. The Morgan fingerprint density at radius 2 is 2.10 bits per heavy atom. The van der Waals surface area contributed by atoms with Gasteiger partial charge < -0.3 is 10.6 Å². The third-order valence-corrected chi connectivity index (χ3v) is 2.92. The molecule has 0 spiro atoms. The average Bonchev–Trinajstić information content (AvgIpc) is 2.45. The Bertz CT molecular complexity index is 465. The molecule has 20 heavy (non-hydrogen) atoms. The van der Waals surface area contributed by atoms with Gasteiger partial charge in [-0.3, -0.25) is 0 Å².